The molecule has 0 bridgehead atoms. The summed E-state index contributed by atoms with van der Waals surface area (Å²) < 4.78 is 0. The van der Waals surface area contributed by atoms with Crippen molar-refractivity contribution in [1.82, 2.24) is 16.1 Å². The summed E-state index contributed by atoms with van der Waals surface area (Å²) in [6, 6.07) is 0. The first-order valence-corrected chi connectivity index (χ1v) is 2.13. The zero-order valence-corrected chi connectivity index (χ0v) is 4.87. The van der Waals surface area contributed by atoms with Crippen LogP contribution in [-0.2, 0) is 9.59 Å². The van der Waals surface area contributed by atoms with Crippen LogP contribution in [0.1, 0.15) is 0 Å². The van der Waals surface area contributed by atoms with Gasteiger partial charge < -0.3 is 0 Å². The lowest BCUT2D eigenvalue weighted by Crippen LogP contribution is -2.53. The number of hydrogen-bond acceptors (Lipinski definition) is 6. The smallest absolute Gasteiger partial charge is 0.296 e. The minimum absolute atomic E-state index is 0.0716. The van der Waals surface area contributed by atoms with E-state index in [-0.39, 0.29) is 5.12 Å². The van der Waals surface area contributed by atoms with E-state index in [0.29, 0.717) is 0 Å². The van der Waals surface area contributed by atoms with Gasteiger partial charge in [0.1, 0.15) is 0 Å². The molecule has 0 saturated heterocycles. The SMILES string of the molecule is NNC(=O)C(=O)N(N)NO. The van der Waals surface area contributed by atoms with Crippen molar-refractivity contribution in [2.24, 2.45) is 11.7 Å². The first-order valence-electron chi connectivity index (χ1n) is 2.13. The van der Waals surface area contributed by atoms with Crippen molar-refractivity contribution in [3.8, 4) is 0 Å². The van der Waals surface area contributed by atoms with Crippen LogP contribution >= 0.6 is 0 Å². The summed E-state index contributed by atoms with van der Waals surface area (Å²) in [5.74, 6) is 6.91. The van der Waals surface area contributed by atoms with E-state index in [0.717, 1.165) is 0 Å². The molecule has 0 rings (SSSR count). The highest BCUT2D eigenvalue weighted by Crippen LogP contribution is 1.70. The van der Waals surface area contributed by atoms with E-state index in [4.69, 9.17) is 11.0 Å². The summed E-state index contributed by atoms with van der Waals surface area (Å²) in [7, 11) is 0. The van der Waals surface area contributed by atoms with Crippen LogP contribution in [-0.4, -0.2) is 22.1 Å². The molecular weight excluding hydrogens is 142 g/mol. The van der Waals surface area contributed by atoms with Crippen LogP contribution in [0.15, 0.2) is 0 Å². The fraction of sp³-hybridized carbons (Fsp3) is 0. The van der Waals surface area contributed by atoms with Gasteiger partial charge in [-0.05, 0) is 0 Å². The Morgan fingerprint density at radius 2 is 2.00 bits per heavy atom. The lowest BCUT2D eigenvalue weighted by molar-refractivity contribution is -0.155. The van der Waals surface area contributed by atoms with Crippen molar-refractivity contribution in [1.29, 1.82) is 0 Å². The molecule has 0 fully saturated rings. The van der Waals surface area contributed by atoms with E-state index in [2.05, 4.69) is 5.84 Å². The van der Waals surface area contributed by atoms with Crippen LogP contribution in [0.25, 0.3) is 0 Å². The molecule has 10 heavy (non-hydrogen) atoms. The molecule has 0 atom stereocenters. The van der Waals surface area contributed by atoms with E-state index in [1.165, 1.54) is 11.0 Å². The zero-order chi connectivity index (χ0) is 8.15. The van der Waals surface area contributed by atoms with Gasteiger partial charge in [0.15, 0.2) is 0 Å². The summed E-state index contributed by atoms with van der Waals surface area (Å²) in [6.45, 7) is 0. The molecule has 8 nitrogen and oxygen atoms in total. The molecule has 8 heteroatoms. The van der Waals surface area contributed by atoms with Crippen LogP contribution in [0.4, 0.5) is 0 Å². The predicted molar refractivity (Wildman–Crippen MR) is 28.3 cm³/mol. The molecule has 0 saturated carbocycles. The highest BCUT2D eigenvalue weighted by Gasteiger charge is 2.16. The third-order valence-corrected chi connectivity index (χ3v) is 0.652. The quantitative estimate of drug-likeness (QED) is 0.114. The predicted octanol–water partition coefficient (Wildman–Crippen LogP) is -3.43. The van der Waals surface area contributed by atoms with Gasteiger partial charge in [-0.25, -0.2) is 11.7 Å². The monoisotopic (exact) mass is 149 g/mol. The third-order valence-electron chi connectivity index (χ3n) is 0.652. The molecular formula is C2H7N5O3. The standard InChI is InChI=1S/C2H7N5O3/c3-5-1(8)2(9)7(4)6-10/h6,10H,3-4H2,(H,5,8). The van der Waals surface area contributed by atoms with E-state index < -0.39 is 11.8 Å². The molecule has 0 aromatic rings. The average molecular weight is 149 g/mol. The van der Waals surface area contributed by atoms with Gasteiger partial charge in [-0.15, -0.1) is 0 Å². The summed E-state index contributed by atoms with van der Waals surface area (Å²) in [6.07, 6.45) is 0. The van der Waals surface area contributed by atoms with Crippen molar-refractivity contribution in [2.75, 3.05) is 0 Å². The number of nitrogens with one attached hydrogen (secondary N) is 2. The normalized spacial score (nSPS) is 8.70. The molecule has 0 aliphatic carbocycles. The van der Waals surface area contributed by atoms with Gasteiger partial charge in [-0.3, -0.25) is 20.2 Å². The van der Waals surface area contributed by atoms with Crippen molar-refractivity contribution >= 4 is 11.8 Å². The topological polar surface area (TPSA) is 134 Å². The molecule has 2 amide bonds. The van der Waals surface area contributed by atoms with E-state index in [1.54, 1.807) is 0 Å². The summed E-state index contributed by atoms with van der Waals surface area (Å²) >= 11 is 0. The van der Waals surface area contributed by atoms with Crippen LogP contribution in [0, 0.1) is 0 Å². The molecule has 0 aromatic heterocycles. The van der Waals surface area contributed by atoms with Crippen molar-refractivity contribution in [3.63, 3.8) is 0 Å². The number of hydrogen-bond donors (Lipinski definition) is 5. The first kappa shape index (κ1) is 8.78. The van der Waals surface area contributed by atoms with Gasteiger partial charge in [0, 0.05) is 0 Å². The molecule has 7 N–H and O–H groups in total. The molecule has 0 aliphatic rings. The Hall–Kier alpha value is -1.22. The molecule has 0 unspecified atom stereocenters. The van der Waals surface area contributed by atoms with Gasteiger partial charge in [0.2, 0.25) is 0 Å². The summed E-state index contributed by atoms with van der Waals surface area (Å²) in [5, 5.41) is 8.03. The van der Waals surface area contributed by atoms with Gasteiger partial charge in [0.05, 0.1) is 0 Å². The van der Waals surface area contributed by atoms with Crippen molar-refractivity contribution < 1.29 is 14.8 Å². The Balaban J connectivity index is 3.95. The maximum atomic E-state index is 10.4. The van der Waals surface area contributed by atoms with Crippen LogP contribution in [0.3, 0.4) is 0 Å². The molecule has 0 aromatic carbocycles. The van der Waals surface area contributed by atoms with Gasteiger partial charge in [-0.2, -0.15) is 5.12 Å². The maximum absolute atomic E-state index is 10.4. The minimum Gasteiger partial charge on any atom is -0.296 e. The largest absolute Gasteiger partial charge is 0.343 e. The highest BCUT2D eigenvalue weighted by molar-refractivity contribution is 6.34. The summed E-state index contributed by atoms with van der Waals surface area (Å²) in [5.41, 5.74) is 2.74. The lowest BCUT2D eigenvalue weighted by atomic mass is 10.6. The molecule has 0 radical (unpaired) electrons. The van der Waals surface area contributed by atoms with Crippen molar-refractivity contribution in [2.45, 2.75) is 0 Å². The lowest BCUT2D eigenvalue weighted by Gasteiger charge is -2.10. The number of nitrogens with two attached hydrogens (primary N) is 2. The van der Waals surface area contributed by atoms with Gasteiger partial charge in [0.25, 0.3) is 0 Å². The number of hydrazine groups is 3. The van der Waals surface area contributed by atoms with E-state index >= 15 is 0 Å². The Morgan fingerprint density at radius 1 is 1.50 bits per heavy atom. The fourth-order valence-electron chi connectivity index (χ4n) is 0.217. The van der Waals surface area contributed by atoms with Crippen LogP contribution < -0.4 is 22.7 Å². The highest BCUT2D eigenvalue weighted by atomic mass is 16.5. The number of carbonyl (C=O) groups is 2. The Morgan fingerprint density at radius 3 is 2.30 bits per heavy atom. The molecule has 58 valence electrons. The molecule has 0 heterocycles. The minimum atomic E-state index is -1.20. The van der Waals surface area contributed by atoms with Crippen LogP contribution in [0.5, 0.6) is 0 Å². The number of rotatable bonds is 1. The molecule has 0 spiro atoms. The fourth-order valence-corrected chi connectivity index (χ4v) is 0.217. The van der Waals surface area contributed by atoms with Crippen molar-refractivity contribution in [3.05, 3.63) is 0 Å². The number of carbonyl (C=O) groups excluding carboxylic acids is 2. The second kappa shape index (κ2) is 3.74. The zero-order valence-electron chi connectivity index (χ0n) is 4.87. The second-order valence-corrected chi connectivity index (χ2v) is 1.25. The Kier molecular flexibility index (Phi) is 3.28. The second-order valence-electron chi connectivity index (χ2n) is 1.25. The number of amides is 2. The van der Waals surface area contributed by atoms with Gasteiger partial charge in [-0.1, -0.05) is 5.59 Å². The summed E-state index contributed by atoms with van der Waals surface area (Å²) in [4.78, 5) is 20.6. The van der Waals surface area contributed by atoms with E-state index in [9.17, 15) is 9.59 Å². The Bertz CT molecular complexity index is 146. The van der Waals surface area contributed by atoms with Crippen LogP contribution in [0.2, 0.25) is 0 Å². The maximum Gasteiger partial charge on any atom is 0.343 e. The molecule has 0 aliphatic heterocycles. The number of nitrogens with zero attached hydrogens (tertiary/aromatic N) is 1. The first-order chi connectivity index (χ1) is 4.63. The van der Waals surface area contributed by atoms with Gasteiger partial charge >= 0.3 is 11.8 Å². The third kappa shape index (κ3) is 1.95. The Labute approximate surface area is 55.6 Å². The van der Waals surface area contributed by atoms with E-state index in [1.807, 2.05) is 0 Å². The average Bonchev–Trinajstić information content (AvgIpc) is 2.00.